The summed E-state index contributed by atoms with van der Waals surface area (Å²) < 4.78 is 0. The summed E-state index contributed by atoms with van der Waals surface area (Å²) in [5, 5.41) is 4.41. The van der Waals surface area contributed by atoms with Gasteiger partial charge in [0.25, 0.3) is 0 Å². The van der Waals surface area contributed by atoms with Crippen LogP contribution in [-0.4, -0.2) is 17.5 Å². The average Bonchev–Trinajstić information content (AvgIpc) is 2.55. The normalized spacial score (nSPS) is 26.7. The van der Waals surface area contributed by atoms with E-state index < -0.39 is 0 Å². The van der Waals surface area contributed by atoms with Gasteiger partial charge in [-0.05, 0) is 30.2 Å². The van der Waals surface area contributed by atoms with Crippen LogP contribution in [-0.2, 0) is 0 Å². The molecule has 1 aliphatic rings. The van der Waals surface area contributed by atoms with E-state index in [0.717, 1.165) is 12.5 Å². The van der Waals surface area contributed by atoms with Gasteiger partial charge in [0.1, 0.15) is 0 Å². The van der Waals surface area contributed by atoms with E-state index in [1.807, 2.05) is 0 Å². The summed E-state index contributed by atoms with van der Waals surface area (Å²) in [6, 6.07) is 11.4. The quantitative estimate of drug-likeness (QED) is 0.842. The summed E-state index contributed by atoms with van der Waals surface area (Å²) in [5.41, 5.74) is 1.44. The average molecular weight is 235 g/mol. The summed E-state index contributed by atoms with van der Waals surface area (Å²) >= 11 is 2.13. The number of benzene rings is 1. The molecule has 1 aromatic rings. The minimum absolute atomic E-state index is 0.522. The molecule has 2 heteroatoms. The first kappa shape index (κ1) is 12.0. The standard InChI is InChI=1S/C14H21NS/c1-11(2)14-13(15-9-6-10-16-14)12-7-4-3-5-8-12/h3-5,7-8,11,13-15H,6,9-10H2,1-2H3. The van der Waals surface area contributed by atoms with E-state index in [9.17, 15) is 0 Å². The summed E-state index contributed by atoms with van der Waals surface area (Å²) in [5.74, 6) is 2.01. The van der Waals surface area contributed by atoms with Gasteiger partial charge in [0.15, 0.2) is 0 Å². The molecule has 0 saturated carbocycles. The molecule has 0 amide bonds. The fourth-order valence-corrected chi connectivity index (χ4v) is 3.72. The predicted molar refractivity (Wildman–Crippen MR) is 72.9 cm³/mol. The second kappa shape index (κ2) is 5.74. The van der Waals surface area contributed by atoms with Crippen molar-refractivity contribution in [1.29, 1.82) is 0 Å². The molecule has 1 aliphatic heterocycles. The molecule has 1 saturated heterocycles. The molecule has 2 unspecified atom stereocenters. The smallest absolute Gasteiger partial charge is 0.0443 e. The molecule has 1 N–H and O–H groups in total. The third-order valence-electron chi connectivity index (χ3n) is 3.14. The molecule has 1 aromatic carbocycles. The molecule has 1 nitrogen and oxygen atoms in total. The second-order valence-electron chi connectivity index (χ2n) is 4.78. The predicted octanol–water partition coefficient (Wildman–Crippen LogP) is 3.48. The lowest BCUT2D eigenvalue weighted by atomic mass is 9.96. The Hall–Kier alpha value is -0.470. The first-order valence-electron chi connectivity index (χ1n) is 6.19. The largest absolute Gasteiger partial charge is 0.309 e. The number of thioether (sulfide) groups is 1. The summed E-state index contributed by atoms with van der Waals surface area (Å²) in [4.78, 5) is 0. The lowest BCUT2D eigenvalue weighted by Crippen LogP contribution is -2.31. The molecule has 1 heterocycles. The van der Waals surface area contributed by atoms with Crippen LogP contribution in [0.1, 0.15) is 31.9 Å². The maximum Gasteiger partial charge on any atom is 0.0443 e. The lowest BCUT2D eigenvalue weighted by Gasteiger charge is -2.28. The van der Waals surface area contributed by atoms with Gasteiger partial charge in [-0.1, -0.05) is 44.2 Å². The number of rotatable bonds is 2. The molecule has 0 aromatic heterocycles. The lowest BCUT2D eigenvalue weighted by molar-refractivity contribution is 0.453. The Labute approximate surface area is 103 Å². The first-order chi connectivity index (χ1) is 7.79. The highest BCUT2D eigenvalue weighted by molar-refractivity contribution is 7.99. The van der Waals surface area contributed by atoms with Crippen LogP contribution in [0.15, 0.2) is 30.3 Å². The van der Waals surface area contributed by atoms with Crippen molar-refractivity contribution in [2.75, 3.05) is 12.3 Å². The fraction of sp³-hybridized carbons (Fsp3) is 0.571. The van der Waals surface area contributed by atoms with Crippen molar-refractivity contribution in [2.24, 2.45) is 5.92 Å². The van der Waals surface area contributed by atoms with Gasteiger partial charge in [0.2, 0.25) is 0 Å². The highest BCUT2D eigenvalue weighted by atomic mass is 32.2. The van der Waals surface area contributed by atoms with Crippen molar-refractivity contribution in [3.05, 3.63) is 35.9 Å². The Morgan fingerprint density at radius 1 is 1.25 bits per heavy atom. The molecule has 0 aliphatic carbocycles. The van der Waals surface area contributed by atoms with Crippen molar-refractivity contribution >= 4 is 11.8 Å². The molecule has 2 rings (SSSR count). The zero-order valence-corrected chi connectivity index (χ0v) is 11.0. The molecular formula is C14H21NS. The van der Waals surface area contributed by atoms with Crippen molar-refractivity contribution in [3.8, 4) is 0 Å². The third kappa shape index (κ3) is 2.80. The molecule has 0 radical (unpaired) electrons. The molecule has 1 fully saturated rings. The Balaban J connectivity index is 2.21. The number of hydrogen-bond acceptors (Lipinski definition) is 2. The van der Waals surface area contributed by atoms with Gasteiger partial charge in [-0.15, -0.1) is 0 Å². The molecule has 88 valence electrons. The zero-order chi connectivity index (χ0) is 11.4. The summed E-state index contributed by atoms with van der Waals surface area (Å²) in [7, 11) is 0. The molecule has 16 heavy (non-hydrogen) atoms. The van der Waals surface area contributed by atoms with E-state index in [4.69, 9.17) is 0 Å². The number of nitrogens with one attached hydrogen (secondary N) is 1. The van der Waals surface area contributed by atoms with Gasteiger partial charge >= 0.3 is 0 Å². The highest BCUT2D eigenvalue weighted by Gasteiger charge is 2.27. The Morgan fingerprint density at radius 2 is 2.00 bits per heavy atom. The SMILES string of the molecule is CC(C)C1SCCCNC1c1ccccc1. The molecular weight excluding hydrogens is 214 g/mol. The molecule has 0 bridgehead atoms. The summed E-state index contributed by atoms with van der Waals surface area (Å²) in [6.07, 6.45) is 1.29. The fourth-order valence-electron chi connectivity index (χ4n) is 2.31. The van der Waals surface area contributed by atoms with Crippen molar-refractivity contribution in [3.63, 3.8) is 0 Å². The van der Waals surface area contributed by atoms with Gasteiger partial charge in [0.05, 0.1) is 0 Å². The van der Waals surface area contributed by atoms with Crippen LogP contribution < -0.4 is 5.32 Å². The second-order valence-corrected chi connectivity index (χ2v) is 6.06. The molecule has 0 spiro atoms. The van der Waals surface area contributed by atoms with Gasteiger partial charge in [-0.2, -0.15) is 11.8 Å². The van der Waals surface area contributed by atoms with E-state index in [1.165, 1.54) is 17.7 Å². The topological polar surface area (TPSA) is 12.0 Å². The monoisotopic (exact) mass is 235 g/mol. The third-order valence-corrected chi connectivity index (χ3v) is 4.87. The highest BCUT2D eigenvalue weighted by Crippen LogP contribution is 2.34. The van der Waals surface area contributed by atoms with Crippen LogP contribution in [0.2, 0.25) is 0 Å². The van der Waals surface area contributed by atoms with E-state index in [1.54, 1.807) is 0 Å². The molecule has 2 atom stereocenters. The number of hydrogen-bond donors (Lipinski definition) is 1. The van der Waals surface area contributed by atoms with Crippen LogP contribution >= 0.6 is 11.8 Å². The maximum absolute atomic E-state index is 3.71. The van der Waals surface area contributed by atoms with E-state index in [-0.39, 0.29) is 0 Å². The van der Waals surface area contributed by atoms with E-state index in [0.29, 0.717) is 11.3 Å². The van der Waals surface area contributed by atoms with Gasteiger partial charge < -0.3 is 5.32 Å². The van der Waals surface area contributed by atoms with E-state index in [2.05, 4.69) is 61.3 Å². The van der Waals surface area contributed by atoms with Crippen LogP contribution in [0.25, 0.3) is 0 Å². The van der Waals surface area contributed by atoms with Gasteiger partial charge in [-0.3, -0.25) is 0 Å². The van der Waals surface area contributed by atoms with Crippen LogP contribution in [0, 0.1) is 5.92 Å². The first-order valence-corrected chi connectivity index (χ1v) is 7.24. The maximum atomic E-state index is 3.71. The Kier molecular flexibility index (Phi) is 4.30. The van der Waals surface area contributed by atoms with Gasteiger partial charge in [0, 0.05) is 11.3 Å². The van der Waals surface area contributed by atoms with E-state index >= 15 is 0 Å². The summed E-state index contributed by atoms with van der Waals surface area (Å²) in [6.45, 7) is 5.82. The van der Waals surface area contributed by atoms with Crippen molar-refractivity contribution < 1.29 is 0 Å². The van der Waals surface area contributed by atoms with Crippen LogP contribution in [0.5, 0.6) is 0 Å². The van der Waals surface area contributed by atoms with Crippen molar-refractivity contribution in [2.45, 2.75) is 31.6 Å². The van der Waals surface area contributed by atoms with Crippen LogP contribution in [0.3, 0.4) is 0 Å². The zero-order valence-electron chi connectivity index (χ0n) is 10.1. The van der Waals surface area contributed by atoms with Crippen LogP contribution in [0.4, 0.5) is 0 Å². The Morgan fingerprint density at radius 3 is 2.69 bits per heavy atom. The van der Waals surface area contributed by atoms with Gasteiger partial charge in [-0.25, -0.2) is 0 Å². The minimum Gasteiger partial charge on any atom is -0.309 e. The minimum atomic E-state index is 0.522. The van der Waals surface area contributed by atoms with Crippen molar-refractivity contribution in [1.82, 2.24) is 5.32 Å². The Bertz CT molecular complexity index is 310.